The fourth-order valence-electron chi connectivity index (χ4n) is 2.52. The van der Waals surface area contributed by atoms with Crippen LogP contribution in [0.3, 0.4) is 0 Å². The Hall–Kier alpha value is -2.35. The number of nitrogens with one attached hydrogen (secondary N) is 2. The van der Waals surface area contributed by atoms with E-state index in [1.54, 1.807) is 13.8 Å². The summed E-state index contributed by atoms with van der Waals surface area (Å²) in [5, 5.41) is 5.49. The van der Waals surface area contributed by atoms with Crippen molar-refractivity contribution >= 4 is 17.6 Å². The van der Waals surface area contributed by atoms with Crippen LogP contribution in [0.25, 0.3) is 0 Å². The molecule has 9 heteroatoms. The van der Waals surface area contributed by atoms with E-state index in [4.69, 9.17) is 11.6 Å². The van der Waals surface area contributed by atoms with Gasteiger partial charge in [-0.05, 0) is 56.7 Å². The maximum atomic E-state index is 13.9. The molecule has 0 fully saturated rings. The predicted octanol–water partition coefficient (Wildman–Crippen LogP) is 4.86. The van der Waals surface area contributed by atoms with Gasteiger partial charge in [0.25, 0.3) is 0 Å². The first-order chi connectivity index (χ1) is 12.4. The van der Waals surface area contributed by atoms with Gasteiger partial charge in [0.15, 0.2) is 0 Å². The zero-order valence-electron chi connectivity index (χ0n) is 14.8. The molecular formula is C18H18ClF4N3O. The predicted molar refractivity (Wildman–Crippen MR) is 93.9 cm³/mol. The number of carbonyl (C=O) groups is 1. The third-order valence-corrected chi connectivity index (χ3v) is 4.05. The zero-order chi connectivity index (χ0) is 20.4. The number of nitrogens with zero attached hydrogens (tertiary/aromatic N) is 1. The molecule has 2 aromatic rings. The Morgan fingerprint density at radius 1 is 1.15 bits per heavy atom. The highest BCUT2D eigenvalue weighted by molar-refractivity contribution is 6.30. The van der Waals surface area contributed by atoms with Gasteiger partial charge in [-0.15, -0.1) is 0 Å². The molecule has 1 aromatic carbocycles. The summed E-state index contributed by atoms with van der Waals surface area (Å²) < 4.78 is 53.3. The number of halogens is 5. The zero-order valence-corrected chi connectivity index (χ0v) is 15.5. The molecular weight excluding hydrogens is 386 g/mol. The highest BCUT2D eigenvalue weighted by Gasteiger charge is 2.37. The van der Waals surface area contributed by atoms with Crippen LogP contribution in [0.4, 0.5) is 22.4 Å². The van der Waals surface area contributed by atoms with Crippen LogP contribution in [-0.4, -0.2) is 17.1 Å². The Balaban J connectivity index is 2.60. The van der Waals surface area contributed by atoms with E-state index in [0.29, 0.717) is 11.1 Å². The molecule has 1 heterocycles. The van der Waals surface area contributed by atoms with E-state index in [0.717, 1.165) is 12.1 Å². The minimum atomic E-state index is -4.74. The number of pyridine rings is 1. The Labute approximate surface area is 158 Å². The average molecular weight is 404 g/mol. The third kappa shape index (κ3) is 5.09. The number of aromatic nitrogens is 1. The van der Waals surface area contributed by atoms with Gasteiger partial charge in [0.2, 0.25) is 0 Å². The van der Waals surface area contributed by atoms with E-state index in [1.165, 1.54) is 25.3 Å². The molecule has 2 N–H and O–H groups in total. The molecule has 1 atom stereocenters. The lowest BCUT2D eigenvalue weighted by molar-refractivity contribution is -0.137. The van der Waals surface area contributed by atoms with Crippen molar-refractivity contribution in [1.29, 1.82) is 0 Å². The second kappa shape index (κ2) is 7.72. The van der Waals surface area contributed by atoms with Crippen molar-refractivity contribution < 1.29 is 22.4 Å². The van der Waals surface area contributed by atoms with Crippen LogP contribution in [0.2, 0.25) is 5.02 Å². The molecule has 0 aliphatic rings. The van der Waals surface area contributed by atoms with Crippen molar-refractivity contribution in [2.45, 2.75) is 38.5 Å². The van der Waals surface area contributed by atoms with E-state index in [1.807, 2.05) is 0 Å². The number of carbonyl (C=O) groups excluding carboxylic acids is 1. The molecule has 0 radical (unpaired) electrons. The van der Waals surface area contributed by atoms with E-state index < -0.39 is 29.1 Å². The van der Waals surface area contributed by atoms with E-state index in [9.17, 15) is 22.4 Å². The fourth-order valence-corrected chi connectivity index (χ4v) is 2.63. The second-order valence-electron chi connectivity index (χ2n) is 6.47. The fraction of sp³-hybridized carbons (Fsp3) is 0.333. The summed E-state index contributed by atoms with van der Waals surface area (Å²) in [5.41, 5.74) is -2.61. The summed E-state index contributed by atoms with van der Waals surface area (Å²) in [5.74, 6) is -1.08. The van der Waals surface area contributed by atoms with Crippen LogP contribution in [0.5, 0.6) is 0 Å². The van der Waals surface area contributed by atoms with E-state index >= 15 is 0 Å². The highest BCUT2D eigenvalue weighted by atomic mass is 35.5. The Morgan fingerprint density at radius 2 is 1.78 bits per heavy atom. The van der Waals surface area contributed by atoms with Crippen LogP contribution in [0.15, 0.2) is 36.5 Å². The number of urea groups is 1. The molecule has 0 aliphatic carbocycles. The normalized spacial score (nSPS) is 14.0. The minimum Gasteiger partial charge on any atom is -0.336 e. The molecule has 2 rings (SSSR count). The smallest absolute Gasteiger partial charge is 0.336 e. The molecule has 1 unspecified atom stereocenters. The molecule has 1 aromatic heterocycles. The van der Waals surface area contributed by atoms with Gasteiger partial charge in [0.1, 0.15) is 11.4 Å². The first kappa shape index (κ1) is 21.0. The van der Waals surface area contributed by atoms with E-state index in [-0.39, 0.29) is 17.3 Å². The van der Waals surface area contributed by atoms with Gasteiger partial charge in [0.05, 0.1) is 16.3 Å². The van der Waals surface area contributed by atoms with Crippen LogP contribution >= 0.6 is 11.6 Å². The van der Waals surface area contributed by atoms with Crippen LogP contribution in [0.1, 0.15) is 37.6 Å². The highest BCUT2D eigenvalue weighted by Crippen LogP contribution is 2.35. The maximum absolute atomic E-state index is 13.9. The molecule has 4 nitrogen and oxygen atoms in total. The average Bonchev–Trinajstić information content (AvgIpc) is 2.53. The molecule has 27 heavy (non-hydrogen) atoms. The number of rotatable bonds is 4. The Bertz CT molecular complexity index is 824. The lowest BCUT2D eigenvalue weighted by Gasteiger charge is -2.32. The Kier molecular flexibility index (Phi) is 5.99. The van der Waals surface area contributed by atoms with Crippen molar-refractivity contribution in [3.8, 4) is 0 Å². The van der Waals surface area contributed by atoms with Crippen molar-refractivity contribution in [2.24, 2.45) is 0 Å². The summed E-state index contributed by atoms with van der Waals surface area (Å²) in [6.07, 6.45) is -3.45. The molecule has 146 valence electrons. The number of hydrogen-bond acceptors (Lipinski definition) is 2. The topological polar surface area (TPSA) is 54.0 Å². The van der Waals surface area contributed by atoms with Crippen molar-refractivity contribution in [3.63, 3.8) is 0 Å². The van der Waals surface area contributed by atoms with Crippen molar-refractivity contribution in [1.82, 2.24) is 15.6 Å². The molecule has 0 saturated carbocycles. The van der Waals surface area contributed by atoms with E-state index in [2.05, 4.69) is 15.6 Å². The van der Waals surface area contributed by atoms with Gasteiger partial charge < -0.3 is 10.6 Å². The summed E-state index contributed by atoms with van der Waals surface area (Å²) in [7, 11) is 0. The summed E-state index contributed by atoms with van der Waals surface area (Å²) in [6.45, 7) is 4.89. The molecule has 0 aliphatic heterocycles. The SMILES string of the molecule is CC(C)NC(=O)NC(C)(c1cc(F)cc(C(F)(F)F)c1)c1ccc(Cl)cn1. The monoisotopic (exact) mass is 403 g/mol. The van der Waals surface area contributed by atoms with Gasteiger partial charge in [0, 0.05) is 12.2 Å². The van der Waals surface area contributed by atoms with Gasteiger partial charge in [-0.1, -0.05) is 11.6 Å². The van der Waals surface area contributed by atoms with Gasteiger partial charge in [-0.2, -0.15) is 13.2 Å². The van der Waals surface area contributed by atoms with Crippen LogP contribution in [-0.2, 0) is 11.7 Å². The van der Waals surface area contributed by atoms with Gasteiger partial charge in [-0.25, -0.2) is 9.18 Å². The molecule has 0 spiro atoms. The standard InChI is InChI=1S/C18H18ClF4N3O/c1-10(2)25-16(27)26-17(3,15-5-4-13(19)9-24-15)11-6-12(18(21,22)23)8-14(20)7-11/h4-10H,1-3H3,(H2,25,26,27). The minimum absolute atomic E-state index is 0.108. The lowest BCUT2D eigenvalue weighted by Crippen LogP contribution is -2.51. The first-order valence-electron chi connectivity index (χ1n) is 8.01. The number of amides is 2. The molecule has 2 amide bonds. The lowest BCUT2D eigenvalue weighted by atomic mass is 9.87. The molecule has 0 bridgehead atoms. The number of alkyl halides is 3. The molecule has 0 saturated heterocycles. The number of hydrogen-bond donors (Lipinski definition) is 2. The second-order valence-corrected chi connectivity index (χ2v) is 6.90. The van der Waals surface area contributed by atoms with Crippen molar-refractivity contribution in [3.05, 3.63) is 64.2 Å². The summed E-state index contributed by atoms with van der Waals surface area (Å²) in [4.78, 5) is 16.4. The van der Waals surface area contributed by atoms with Crippen molar-refractivity contribution in [2.75, 3.05) is 0 Å². The number of benzene rings is 1. The van der Waals surface area contributed by atoms with Gasteiger partial charge >= 0.3 is 12.2 Å². The summed E-state index contributed by atoms with van der Waals surface area (Å²) >= 11 is 5.82. The first-order valence-corrected chi connectivity index (χ1v) is 8.38. The maximum Gasteiger partial charge on any atom is 0.416 e. The van der Waals surface area contributed by atoms with Gasteiger partial charge in [-0.3, -0.25) is 4.98 Å². The largest absolute Gasteiger partial charge is 0.416 e. The quantitative estimate of drug-likeness (QED) is 0.716. The van der Waals surface area contributed by atoms with Crippen LogP contribution < -0.4 is 10.6 Å². The summed E-state index contributed by atoms with van der Waals surface area (Å²) in [6, 6.07) is 4.20. The Morgan fingerprint density at radius 3 is 2.30 bits per heavy atom. The third-order valence-electron chi connectivity index (χ3n) is 3.83. The van der Waals surface area contributed by atoms with Crippen LogP contribution in [0, 0.1) is 5.82 Å².